The Labute approximate surface area is 163 Å². The molecule has 0 amide bonds. The quantitative estimate of drug-likeness (QED) is 0.587. The van der Waals surface area contributed by atoms with Gasteiger partial charge in [-0.05, 0) is 69.5 Å². The van der Waals surface area contributed by atoms with Crippen molar-refractivity contribution in [3.8, 4) is 11.5 Å². The molecule has 2 fully saturated rings. The van der Waals surface area contributed by atoms with E-state index in [2.05, 4.69) is 27.0 Å². The Bertz CT molecular complexity index is 599. The van der Waals surface area contributed by atoms with E-state index in [0.29, 0.717) is 0 Å². The number of hydrogen-bond acceptors (Lipinski definition) is 4. The van der Waals surface area contributed by atoms with Gasteiger partial charge in [0.2, 0.25) is 0 Å². The van der Waals surface area contributed by atoms with E-state index < -0.39 is 0 Å². The Balaban J connectivity index is 1.41. The lowest BCUT2D eigenvalue weighted by atomic mass is 10.1. The van der Waals surface area contributed by atoms with E-state index >= 15 is 0 Å². The maximum atomic E-state index is 5.98. The number of rotatable bonds is 7. The molecular weight excluding hydrogens is 340 g/mol. The summed E-state index contributed by atoms with van der Waals surface area (Å²) < 4.78 is 11.2. The largest absolute Gasteiger partial charge is 0.497 e. The monoisotopic (exact) mass is 374 g/mol. The smallest absolute Gasteiger partial charge is 0.193 e. The summed E-state index contributed by atoms with van der Waals surface area (Å²) >= 11 is 0. The lowest BCUT2D eigenvalue weighted by Crippen LogP contribution is -2.44. The molecule has 2 unspecified atom stereocenters. The first-order valence-corrected chi connectivity index (χ1v) is 10.2. The Morgan fingerprint density at radius 1 is 1.19 bits per heavy atom. The summed E-state index contributed by atoms with van der Waals surface area (Å²) in [6, 6.07) is 7.71. The summed E-state index contributed by atoms with van der Waals surface area (Å²) in [7, 11) is 3.53. The molecule has 150 valence electrons. The fourth-order valence-corrected chi connectivity index (χ4v) is 4.00. The third kappa shape index (κ3) is 5.76. The zero-order valence-corrected chi connectivity index (χ0v) is 17.0. The normalized spacial score (nSPS) is 22.1. The number of ether oxygens (including phenoxy) is 2. The summed E-state index contributed by atoms with van der Waals surface area (Å²) in [5.74, 6) is 3.44. The molecule has 3 rings (SSSR count). The van der Waals surface area contributed by atoms with Crippen LogP contribution in [0.25, 0.3) is 0 Å². The van der Waals surface area contributed by atoms with Crippen molar-refractivity contribution in [2.45, 2.75) is 32.3 Å². The van der Waals surface area contributed by atoms with E-state index in [-0.39, 0.29) is 6.10 Å². The molecule has 0 saturated carbocycles. The maximum Gasteiger partial charge on any atom is 0.193 e. The zero-order chi connectivity index (χ0) is 19.1. The van der Waals surface area contributed by atoms with Crippen molar-refractivity contribution in [3.63, 3.8) is 0 Å². The summed E-state index contributed by atoms with van der Waals surface area (Å²) in [5.41, 5.74) is 0. The third-order valence-electron chi connectivity index (χ3n) is 5.46. The van der Waals surface area contributed by atoms with Crippen molar-refractivity contribution in [1.29, 1.82) is 0 Å². The highest BCUT2D eigenvalue weighted by molar-refractivity contribution is 5.80. The third-order valence-corrected chi connectivity index (χ3v) is 5.46. The number of guanidine groups is 1. The van der Waals surface area contributed by atoms with E-state index in [9.17, 15) is 0 Å². The SMILES string of the molecule is CN=C(NCC(C)Oc1ccc(OC)cc1)N1CCC(CN2CCCC2)C1. The minimum atomic E-state index is 0.0538. The fraction of sp³-hybridized carbons (Fsp3) is 0.667. The highest BCUT2D eigenvalue weighted by atomic mass is 16.5. The van der Waals surface area contributed by atoms with Crippen molar-refractivity contribution >= 4 is 5.96 Å². The molecule has 1 aromatic rings. The second kappa shape index (κ2) is 9.83. The van der Waals surface area contributed by atoms with Crippen molar-refractivity contribution < 1.29 is 9.47 Å². The van der Waals surface area contributed by atoms with Crippen LogP contribution in [0.1, 0.15) is 26.2 Å². The Morgan fingerprint density at radius 3 is 2.56 bits per heavy atom. The lowest BCUT2D eigenvalue weighted by molar-refractivity contribution is 0.222. The van der Waals surface area contributed by atoms with Crippen LogP contribution in [-0.2, 0) is 0 Å². The molecule has 6 heteroatoms. The second-order valence-corrected chi connectivity index (χ2v) is 7.64. The molecule has 1 N–H and O–H groups in total. The van der Waals surface area contributed by atoms with Crippen LogP contribution in [-0.4, -0.2) is 75.3 Å². The number of likely N-dealkylation sites (tertiary alicyclic amines) is 2. The van der Waals surface area contributed by atoms with Crippen LogP contribution in [0.2, 0.25) is 0 Å². The first-order chi connectivity index (χ1) is 13.2. The van der Waals surface area contributed by atoms with Gasteiger partial charge < -0.3 is 24.6 Å². The molecule has 0 aromatic heterocycles. The number of nitrogens with zero attached hydrogens (tertiary/aromatic N) is 3. The molecule has 0 aliphatic carbocycles. The molecule has 0 bridgehead atoms. The number of methoxy groups -OCH3 is 1. The molecule has 2 saturated heterocycles. The van der Waals surface area contributed by atoms with Gasteiger partial charge in [0.1, 0.15) is 17.6 Å². The number of aliphatic imine (C=N–C) groups is 1. The molecule has 0 spiro atoms. The average Bonchev–Trinajstić information content (AvgIpc) is 3.36. The van der Waals surface area contributed by atoms with Crippen LogP contribution in [0.4, 0.5) is 0 Å². The van der Waals surface area contributed by atoms with E-state index in [1.165, 1.54) is 38.9 Å². The molecule has 6 nitrogen and oxygen atoms in total. The number of hydrogen-bond donors (Lipinski definition) is 1. The first-order valence-electron chi connectivity index (χ1n) is 10.2. The Hall–Kier alpha value is -1.95. The molecule has 1 aromatic carbocycles. The number of nitrogens with one attached hydrogen (secondary N) is 1. The average molecular weight is 375 g/mol. The predicted molar refractivity (Wildman–Crippen MR) is 110 cm³/mol. The van der Waals surface area contributed by atoms with Gasteiger partial charge in [0.25, 0.3) is 0 Å². The van der Waals surface area contributed by atoms with Gasteiger partial charge in [-0.3, -0.25) is 4.99 Å². The summed E-state index contributed by atoms with van der Waals surface area (Å²) in [5, 5.41) is 3.48. The van der Waals surface area contributed by atoms with Crippen molar-refractivity contribution in [3.05, 3.63) is 24.3 Å². The van der Waals surface area contributed by atoms with Crippen LogP contribution in [0.5, 0.6) is 11.5 Å². The predicted octanol–water partition coefficient (Wildman–Crippen LogP) is 2.46. The van der Waals surface area contributed by atoms with Crippen molar-refractivity contribution in [2.75, 3.05) is 53.4 Å². The minimum absolute atomic E-state index is 0.0538. The van der Waals surface area contributed by atoms with Crippen LogP contribution in [0.15, 0.2) is 29.3 Å². The minimum Gasteiger partial charge on any atom is -0.497 e. The maximum absolute atomic E-state index is 5.98. The lowest BCUT2D eigenvalue weighted by Gasteiger charge is -2.24. The van der Waals surface area contributed by atoms with Gasteiger partial charge >= 0.3 is 0 Å². The van der Waals surface area contributed by atoms with Gasteiger partial charge in [-0.15, -0.1) is 0 Å². The standard InChI is InChI=1S/C21H34N4O2/c1-17(27-20-8-6-19(26-3)7-9-20)14-23-21(22-2)25-13-10-18(16-25)15-24-11-4-5-12-24/h6-9,17-18H,4-5,10-16H2,1-3H3,(H,22,23). The summed E-state index contributed by atoms with van der Waals surface area (Å²) in [6.07, 6.45) is 4.05. The molecule has 0 radical (unpaired) electrons. The molecule has 2 heterocycles. The Kier molecular flexibility index (Phi) is 7.21. The van der Waals surface area contributed by atoms with Gasteiger partial charge in [-0.25, -0.2) is 0 Å². The molecule has 2 aliphatic rings. The van der Waals surface area contributed by atoms with Gasteiger partial charge in [0.15, 0.2) is 5.96 Å². The van der Waals surface area contributed by atoms with Gasteiger partial charge in [0, 0.05) is 26.7 Å². The fourth-order valence-electron chi connectivity index (χ4n) is 4.00. The molecule has 2 atom stereocenters. The molecule has 27 heavy (non-hydrogen) atoms. The topological polar surface area (TPSA) is 49.3 Å². The number of benzene rings is 1. The van der Waals surface area contributed by atoms with E-state index in [1.807, 2.05) is 31.3 Å². The van der Waals surface area contributed by atoms with Crippen LogP contribution < -0.4 is 14.8 Å². The van der Waals surface area contributed by atoms with Crippen LogP contribution in [0.3, 0.4) is 0 Å². The molecule has 2 aliphatic heterocycles. The molecular formula is C21H34N4O2. The highest BCUT2D eigenvalue weighted by Gasteiger charge is 2.27. The summed E-state index contributed by atoms with van der Waals surface area (Å²) in [6.45, 7) is 8.80. The van der Waals surface area contributed by atoms with Gasteiger partial charge in [-0.2, -0.15) is 0 Å². The van der Waals surface area contributed by atoms with Gasteiger partial charge in [-0.1, -0.05) is 0 Å². The van der Waals surface area contributed by atoms with Crippen LogP contribution >= 0.6 is 0 Å². The van der Waals surface area contributed by atoms with E-state index in [4.69, 9.17) is 9.47 Å². The second-order valence-electron chi connectivity index (χ2n) is 7.64. The zero-order valence-electron chi connectivity index (χ0n) is 17.0. The van der Waals surface area contributed by atoms with E-state index in [1.54, 1.807) is 7.11 Å². The van der Waals surface area contributed by atoms with Crippen LogP contribution in [0, 0.1) is 5.92 Å². The van der Waals surface area contributed by atoms with Gasteiger partial charge in [0.05, 0.1) is 13.7 Å². The highest BCUT2D eigenvalue weighted by Crippen LogP contribution is 2.20. The first kappa shape index (κ1) is 19.8. The summed E-state index contributed by atoms with van der Waals surface area (Å²) in [4.78, 5) is 9.49. The van der Waals surface area contributed by atoms with Crippen molar-refractivity contribution in [2.24, 2.45) is 10.9 Å². The van der Waals surface area contributed by atoms with Crippen molar-refractivity contribution in [1.82, 2.24) is 15.1 Å². The van der Waals surface area contributed by atoms with E-state index in [0.717, 1.165) is 43.0 Å². The Morgan fingerprint density at radius 2 is 1.89 bits per heavy atom.